The Morgan fingerprint density at radius 3 is 2.43 bits per heavy atom. The summed E-state index contributed by atoms with van der Waals surface area (Å²) in [5.41, 5.74) is 0.683. The van der Waals surface area contributed by atoms with Gasteiger partial charge in [-0.1, -0.05) is 6.07 Å². The van der Waals surface area contributed by atoms with Gasteiger partial charge in [-0.05, 0) is 42.6 Å². The fourth-order valence-electron chi connectivity index (χ4n) is 2.71. The monoisotopic (exact) mass is 423 g/mol. The van der Waals surface area contributed by atoms with Gasteiger partial charge in [-0.3, -0.25) is 14.3 Å². The first kappa shape index (κ1) is 20.3. The molecule has 1 aromatic carbocycles. The summed E-state index contributed by atoms with van der Waals surface area (Å²) in [6, 6.07) is 8.54. The highest BCUT2D eigenvalue weighted by Gasteiger charge is 2.24. The summed E-state index contributed by atoms with van der Waals surface area (Å²) in [6.45, 7) is 3.65. The molecule has 1 fully saturated rings. The standard InChI is InChI=1S/C18H21N3O5S2/c1-13(18(23)21-8-10-26-11-9-21)19-17(22)14-4-6-15(7-5-14)20-28(24,25)16-3-2-12-27-16/h2-7,12-13,20H,8-11H2,1H3,(H,19,22). The molecule has 0 aliphatic carbocycles. The van der Waals surface area contributed by atoms with Gasteiger partial charge in [-0.25, -0.2) is 8.42 Å². The number of morpholine rings is 1. The Morgan fingerprint density at radius 2 is 1.82 bits per heavy atom. The smallest absolute Gasteiger partial charge is 0.271 e. The van der Waals surface area contributed by atoms with Gasteiger partial charge < -0.3 is 15.0 Å². The summed E-state index contributed by atoms with van der Waals surface area (Å²) < 4.78 is 32.3. The van der Waals surface area contributed by atoms with Crippen LogP contribution in [-0.4, -0.2) is 57.5 Å². The Kier molecular flexibility index (Phi) is 6.32. The van der Waals surface area contributed by atoms with Gasteiger partial charge in [0.1, 0.15) is 10.3 Å². The van der Waals surface area contributed by atoms with E-state index in [-0.39, 0.29) is 10.1 Å². The zero-order valence-electron chi connectivity index (χ0n) is 15.3. The molecular weight excluding hydrogens is 402 g/mol. The van der Waals surface area contributed by atoms with Crippen LogP contribution in [0.1, 0.15) is 17.3 Å². The lowest BCUT2D eigenvalue weighted by Gasteiger charge is -2.29. The third-order valence-electron chi connectivity index (χ3n) is 4.20. The summed E-state index contributed by atoms with van der Waals surface area (Å²) in [4.78, 5) is 26.4. The van der Waals surface area contributed by atoms with Crippen LogP contribution < -0.4 is 10.0 Å². The number of nitrogens with zero attached hydrogens (tertiary/aromatic N) is 1. The number of nitrogens with one attached hydrogen (secondary N) is 2. The van der Waals surface area contributed by atoms with E-state index in [0.717, 1.165) is 11.3 Å². The topological polar surface area (TPSA) is 105 Å². The van der Waals surface area contributed by atoms with Crippen LogP contribution in [0.25, 0.3) is 0 Å². The highest BCUT2D eigenvalue weighted by Crippen LogP contribution is 2.20. The van der Waals surface area contributed by atoms with E-state index >= 15 is 0 Å². The first-order valence-corrected chi connectivity index (χ1v) is 11.1. The second-order valence-corrected chi connectivity index (χ2v) is 9.10. The number of hydrogen-bond donors (Lipinski definition) is 2. The lowest BCUT2D eigenvalue weighted by atomic mass is 10.1. The average Bonchev–Trinajstić information content (AvgIpc) is 3.24. The third-order valence-corrected chi connectivity index (χ3v) is 6.98. The number of sulfonamides is 1. The summed E-state index contributed by atoms with van der Waals surface area (Å²) >= 11 is 1.12. The lowest BCUT2D eigenvalue weighted by molar-refractivity contribution is -0.136. The summed E-state index contributed by atoms with van der Waals surface area (Å²) in [5, 5.41) is 4.36. The molecule has 1 aliphatic heterocycles. The second-order valence-electron chi connectivity index (χ2n) is 6.25. The van der Waals surface area contributed by atoms with Crippen LogP contribution in [0.2, 0.25) is 0 Å². The Hall–Kier alpha value is -2.43. The van der Waals surface area contributed by atoms with Crippen LogP contribution in [0.5, 0.6) is 0 Å². The SMILES string of the molecule is CC(NC(=O)c1ccc(NS(=O)(=O)c2cccs2)cc1)C(=O)N1CCOCC1. The molecule has 1 unspecified atom stereocenters. The molecule has 8 nitrogen and oxygen atoms in total. The van der Waals surface area contributed by atoms with E-state index in [1.54, 1.807) is 23.3 Å². The van der Waals surface area contributed by atoms with Crippen molar-refractivity contribution in [1.29, 1.82) is 0 Å². The molecule has 150 valence electrons. The number of hydrogen-bond acceptors (Lipinski definition) is 6. The molecule has 1 saturated heterocycles. The molecule has 0 saturated carbocycles. The Morgan fingerprint density at radius 1 is 1.14 bits per heavy atom. The van der Waals surface area contributed by atoms with Gasteiger partial charge in [-0.15, -0.1) is 11.3 Å². The predicted molar refractivity (Wildman–Crippen MR) is 106 cm³/mol. The quantitative estimate of drug-likeness (QED) is 0.733. The van der Waals surface area contributed by atoms with E-state index in [4.69, 9.17) is 4.74 Å². The molecule has 0 radical (unpaired) electrons. The van der Waals surface area contributed by atoms with Crippen LogP contribution in [0.3, 0.4) is 0 Å². The van der Waals surface area contributed by atoms with Gasteiger partial charge in [0.2, 0.25) is 5.91 Å². The van der Waals surface area contributed by atoms with Gasteiger partial charge in [0.05, 0.1) is 13.2 Å². The van der Waals surface area contributed by atoms with Gasteiger partial charge in [-0.2, -0.15) is 0 Å². The van der Waals surface area contributed by atoms with Crippen LogP contribution >= 0.6 is 11.3 Å². The normalized spacial score (nSPS) is 15.7. The molecule has 3 rings (SSSR count). The van der Waals surface area contributed by atoms with Crippen molar-refractivity contribution in [1.82, 2.24) is 10.2 Å². The average molecular weight is 424 g/mol. The minimum atomic E-state index is -3.64. The maximum absolute atomic E-state index is 12.4. The number of anilines is 1. The number of ether oxygens (including phenoxy) is 1. The van der Waals surface area contributed by atoms with Crippen molar-refractivity contribution in [3.05, 3.63) is 47.3 Å². The highest BCUT2D eigenvalue weighted by atomic mass is 32.2. The van der Waals surface area contributed by atoms with E-state index in [9.17, 15) is 18.0 Å². The lowest BCUT2D eigenvalue weighted by Crippen LogP contribution is -2.50. The molecule has 2 aromatic rings. The van der Waals surface area contributed by atoms with Crippen LogP contribution in [0.15, 0.2) is 46.0 Å². The molecular formula is C18H21N3O5S2. The van der Waals surface area contributed by atoms with Crippen LogP contribution in [0, 0.1) is 0 Å². The largest absolute Gasteiger partial charge is 0.378 e. The van der Waals surface area contributed by atoms with Crippen molar-refractivity contribution < 1.29 is 22.7 Å². The minimum Gasteiger partial charge on any atom is -0.378 e. The van der Waals surface area contributed by atoms with E-state index in [1.807, 2.05) is 0 Å². The predicted octanol–water partition coefficient (Wildman–Crippen LogP) is 1.53. The zero-order chi connectivity index (χ0) is 20.1. The molecule has 2 N–H and O–H groups in total. The molecule has 0 bridgehead atoms. The van der Waals surface area contributed by atoms with Crippen LogP contribution in [0.4, 0.5) is 5.69 Å². The molecule has 0 spiro atoms. The van der Waals surface area contributed by atoms with Crippen molar-refractivity contribution in [3.8, 4) is 0 Å². The van der Waals surface area contributed by atoms with E-state index in [0.29, 0.717) is 37.6 Å². The Bertz CT molecular complexity index is 921. The highest BCUT2D eigenvalue weighted by molar-refractivity contribution is 7.94. The summed E-state index contributed by atoms with van der Waals surface area (Å²) in [7, 11) is -3.64. The number of carbonyl (C=O) groups is 2. The van der Waals surface area contributed by atoms with Crippen molar-refractivity contribution >= 4 is 38.9 Å². The van der Waals surface area contributed by atoms with E-state index in [2.05, 4.69) is 10.0 Å². The summed E-state index contributed by atoms with van der Waals surface area (Å²) in [6.07, 6.45) is 0. The Labute approximate surface area is 167 Å². The molecule has 1 aromatic heterocycles. The van der Waals surface area contributed by atoms with Gasteiger partial charge in [0.15, 0.2) is 0 Å². The van der Waals surface area contributed by atoms with Crippen molar-refractivity contribution in [2.75, 3.05) is 31.0 Å². The van der Waals surface area contributed by atoms with Gasteiger partial charge >= 0.3 is 0 Å². The fourth-order valence-corrected chi connectivity index (χ4v) is 4.76. The first-order valence-electron chi connectivity index (χ1n) is 8.70. The fraction of sp³-hybridized carbons (Fsp3) is 0.333. The third kappa shape index (κ3) is 4.89. The maximum atomic E-state index is 12.4. The molecule has 28 heavy (non-hydrogen) atoms. The van der Waals surface area contributed by atoms with Crippen molar-refractivity contribution in [2.24, 2.45) is 0 Å². The summed E-state index contributed by atoms with van der Waals surface area (Å²) in [5.74, 6) is -0.557. The van der Waals surface area contributed by atoms with E-state index < -0.39 is 22.0 Å². The maximum Gasteiger partial charge on any atom is 0.271 e. The van der Waals surface area contributed by atoms with Crippen molar-refractivity contribution in [3.63, 3.8) is 0 Å². The minimum absolute atomic E-state index is 0.156. The molecule has 10 heteroatoms. The second kappa shape index (κ2) is 8.72. The van der Waals surface area contributed by atoms with Crippen LogP contribution in [-0.2, 0) is 19.6 Å². The zero-order valence-corrected chi connectivity index (χ0v) is 16.9. The molecule has 2 heterocycles. The number of thiophene rings is 1. The Balaban J connectivity index is 1.59. The number of rotatable bonds is 6. The first-order chi connectivity index (χ1) is 13.4. The molecule has 1 atom stereocenters. The molecule has 2 amide bonds. The van der Waals surface area contributed by atoms with Gasteiger partial charge in [0.25, 0.3) is 15.9 Å². The number of carbonyl (C=O) groups excluding carboxylic acids is 2. The number of benzene rings is 1. The van der Waals surface area contributed by atoms with Gasteiger partial charge in [0, 0.05) is 24.3 Å². The number of amides is 2. The molecule has 1 aliphatic rings. The van der Waals surface area contributed by atoms with Crippen molar-refractivity contribution in [2.45, 2.75) is 17.2 Å². The van der Waals surface area contributed by atoms with E-state index in [1.165, 1.54) is 30.3 Å².